The second-order valence-electron chi connectivity index (χ2n) is 4.25. The first-order chi connectivity index (χ1) is 6.95. The lowest BCUT2D eigenvalue weighted by Gasteiger charge is -2.14. The van der Waals surface area contributed by atoms with E-state index in [1.165, 1.54) is 36.2 Å². The zero-order valence-corrected chi connectivity index (χ0v) is 8.34. The van der Waals surface area contributed by atoms with Crippen LogP contribution in [0.1, 0.15) is 23.5 Å². The van der Waals surface area contributed by atoms with Crippen LogP contribution < -0.4 is 10.6 Å². The van der Waals surface area contributed by atoms with E-state index < -0.39 is 0 Å². The molecule has 74 valence electrons. The number of nitrogens with one attached hydrogen (secondary N) is 2. The molecule has 0 aromatic heterocycles. The Labute approximate surface area is 84.7 Å². The van der Waals surface area contributed by atoms with E-state index in [1.54, 1.807) is 0 Å². The van der Waals surface area contributed by atoms with Crippen LogP contribution in [0.2, 0.25) is 0 Å². The Morgan fingerprint density at radius 1 is 1.21 bits per heavy atom. The average molecular weight is 188 g/mol. The van der Waals surface area contributed by atoms with Crippen molar-refractivity contribution >= 4 is 5.69 Å². The van der Waals surface area contributed by atoms with Crippen molar-refractivity contribution in [1.29, 1.82) is 0 Å². The van der Waals surface area contributed by atoms with Crippen molar-refractivity contribution in [3.8, 4) is 0 Å². The fraction of sp³-hybridized carbons (Fsp3) is 0.500. The largest absolute Gasteiger partial charge is 0.384 e. The lowest BCUT2D eigenvalue weighted by Crippen LogP contribution is -2.09. The molecule has 0 bridgehead atoms. The second kappa shape index (κ2) is 3.28. The van der Waals surface area contributed by atoms with Gasteiger partial charge in [0.15, 0.2) is 0 Å². The highest BCUT2D eigenvalue weighted by atomic mass is 14.9. The molecule has 2 N–H and O–H groups in total. The van der Waals surface area contributed by atoms with Crippen LogP contribution in [0.3, 0.4) is 0 Å². The van der Waals surface area contributed by atoms with Gasteiger partial charge in [-0.25, -0.2) is 0 Å². The Balaban J connectivity index is 2.00. The quantitative estimate of drug-likeness (QED) is 0.701. The normalized spacial score (nSPS) is 24.7. The van der Waals surface area contributed by atoms with Crippen molar-refractivity contribution in [3.05, 3.63) is 29.3 Å². The standard InChI is InChI=1S/C12H16N2/c1-2-9-5-7-14-12(9)11(3-1)10-4-6-13-8-10/h1-3,10,13-14H,4-8H2/t10-/m0/s1. The first-order valence-corrected chi connectivity index (χ1v) is 5.51. The Morgan fingerprint density at radius 2 is 2.21 bits per heavy atom. The van der Waals surface area contributed by atoms with Crippen LogP contribution in [-0.4, -0.2) is 19.6 Å². The molecular formula is C12H16N2. The third-order valence-electron chi connectivity index (χ3n) is 3.38. The highest BCUT2D eigenvalue weighted by Gasteiger charge is 2.22. The van der Waals surface area contributed by atoms with Gasteiger partial charge in [0.25, 0.3) is 0 Å². The van der Waals surface area contributed by atoms with Gasteiger partial charge in [-0.1, -0.05) is 18.2 Å². The topological polar surface area (TPSA) is 24.1 Å². The van der Waals surface area contributed by atoms with E-state index in [0.717, 1.165) is 19.0 Å². The molecule has 0 amide bonds. The molecule has 3 rings (SSSR count). The van der Waals surface area contributed by atoms with Gasteiger partial charge in [-0.05, 0) is 36.4 Å². The van der Waals surface area contributed by atoms with Gasteiger partial charge in [-0.3, -0.25) is 0 Å². The van der Waals surface area contributed by atoms with E-state index in [1.807, 2.05) is 0 Å². The van der Waals surface area contributed by atoms with Crippen LogP contribution in [0.25, 0.3) is 0 Å². The first-order valence-electron chi connectivity index (χ1n) is 5.51. The van der Waals surface area contributed by atoms with E-state index >= 15 is 0 Å². The van der Waals surface area contributed by atoms with E-state index in [-0.39, 0.29) is 0 Å². The molecule has 1 aromatic carbocycles. The molecule has 2 aliphatic heterocycles. The zero-order chi connectivity index (χ0) is 9.38. The molecule has 2 heterocycles. The van der Waals surface area contributed by atoms with Gasteiger partial charge in [-0.15, -0.1) is 0 Å². The van der Waals surface area contributed by atoms with Crippen LogP contribution in [0, 0.1) is 0 Å². The highest BCUT2D eigenvalue weighted by molar-refractivity contribution is 5.62. The lowest BCUT2D eigenvalue weighted by atomic mass is 9.95. The van der Waals surface area contributed by atoms with Gasteiger partial charge in [0.1, 0.15) is 0 Å². The summed E-state index contributed by atoms with van der Waals surface area (Å²) in [7, 11) is 0. The molecule has 2 aliphatic rings. The van der Waals surface area contributed by atoms with Crippen LogP contribution in [0.4, 0.5) is 5.69 Å². The molecule has 1 aromatic rings. The van der Waals surface area contributed by atoms with Crippen LogP contribution in [-0.2, 0) is 6.42 Å². The van der Waals surface area contributed by atoms with Gasteiger partial charge in [0, 0.05) is 18.8 Å². The number of benzene rings is 1. The van der Waals surface area contributed by atoms with Crippen molar-refractivity contribution in [3.63, 3.8) is 0 Å². The predicted octanol–water partition coefficient (Wildman–Crippen LogP) is 1.73. The van der Waals surface area contributed by atoms with E-state index in [9.17, 15) is 0 Å². The number of anilines is 1. The number of fused-ring (bicyclic) bond motifs is 1. The zero-order valence-electron chi connectivity index (χ0n) is 8.34. The third kappa shape index (κ3) is 1.22. The van der Waals surface area contributed by atoms with E-state index in [0.29, 0.717) is 0 Å². The molecular weight excluding hydrogens is 172 g/mol. The molecule has 2 nitrogen and oxygen atoms in total. The van der Waals surface area contributed by atoms with Gasteiger partial charge >= 0.3 is 0 Å². The van der Waals surface area contributed by atoms with Gasteiger partial charge < -0.3 is 10.6 Å². The highest BCUT2D eigenvalue weighted by Crippen LogP contribution is 2.34. The first kappa shape index (κ1) is 8.30. The van der Waals surface area contributed by atoms with Crippen molar-refractivity contribution in [2.75, 3.05) is 25.0 Å². The molecule has 0 spiro atoms. The molecule has 14 heavy (non-hydrogen) atoms. The van der Waals surface area contributed by atoms with Gasteiger partial charge in [0.05, 0.1) is 0 Å². The molecule has 0 aliphatic carbocycles. The Hall–Kier alpha value is -1.02. The van der Waals surface area contributed by atoms with Crippen LogP contribution >= 0.6 is 0 Å². The molecule has 2 heteroatoms. The van der Waals surface area contributed by atoms with Gasteiger partial charge in [0.2, 0.25) is 0 Å². The molecule has 0 saturated carbocycles. The molecule has 0 radical (unpaired) electrons. The summed E-state index contributed by atoms with van der Waals surface area (Å²) in [4.78, 5) is 0. The Bertz CT molecular complexity index is 340. The fourth-order valence-electron chi connectivity index (χ4n) is 2.63. The van der Waals surface area contributed by atoms with Crippen molar-refractivity contribution in [2.24, 2.45) is 0 Å². The summed E-state index contributed by atoms with van der Waals surface area (Å²) < 4.78 is 0. The summed E-state index contributed by atoms with van der Waals surface area (Å²) in [6.45, 7) is 3.44. The third-order valence-corrected chi connectivity index (χ3v) is 3.38. The van der Waals surface area contributed by atoms with Crippen molar-refractivity contribution < 1.29 is 0 Å². The van der Waals surface area contributed by atoms with Crippen molar-refractivity contribution in [1.82, 2.24) is 5.32 Å². The van der Waals surface area contributed by atoms with E-state index in [2.05, 4.69) is 28.8 Å². The Kier molecular flexibility index (Phi) is 1.95. The predicted molar refractivity (Wildman–Crippen MR) is 58.9 cm³/mol. The summed E-state index contributed by atoms with van der Waals surface area (Å²) in [6, 6.07) is 6.75. The second-order valence-corrected chi connectivity index (χ2v) is 4.25. The fourth-order valence-corrected chi connectivity index (χ4v) is 2.63. The lowest BCUT2D eigenvalue weighted by molar-refractivity contribution is 0.765. The summed E-state index contributed by atoms with van der Waals surface area (Å²) >= 11 is 0. The summed E-state index contributed by atoms with van der Waals surface area (Å²) in [6.07, 6.45) is 2.49. The smallest absolute Gasteiger partial charge is 0.0409 e. The van der Waals surface area contributed by atoms with Gasteiger partial charge in [-0.2, -0.15) is 0 Å². The Morgan fingerprint density at radius 3 is 3.07 bits per heavy atom. The number of para-hydroxylation sites is 1. The maximum Gasteiger partial charge on any atom is 0.0409 e. The molecule has 1 atom stereocenters. The number of hydrogen-bond acceptors (Lipinski definition) is 2. The minimum absolute atomic E-state index is 0.732. The molecule has 1 saturated heterocycles. The SMILES string of the molecule is c1cc2c(c([C@H]3CCNC3)c1)NCC2. The maximum absolute atomic E-state index is 3.52. The summed E-state index contributed by atoms with van der Waals surface area (Å²) in [5, 5.41) is 6.95. The number of hydrogen-bond donors (Lipinski definition) is 2. The van der Waals surface area contributed by atoms with E-state index in [4.69, 9.17) is 0 Å². The van der Waals surface area contributed by atoms with Crippen LogP contribution in [0.5, 0.6) is 0 Å². The number of rotatable bonds is 1. The average Bonchev–Trinajstić information content (AvgIpc) is 2.88. The molecule has 0 unspecified atom stereocenters. The minimum Gasteiger partial charge on any atom is -0.384 e. The molecule has 1 fully saturated rings. The monoisotopic (exact) mass is 188 g/mol. The maximum atomic E-state index is 3.52. The van der Waals surface area contributed by atoms with Crippen LogP contribution in [0.15, 0.2) is 18.2 Å². The summed E-state index contributed by atoms with van der Waals surface area (Å²) in [5.41, 5.74) is 4.47. The van der Waals surface area contributed by atoms with Crippen molar-refractivity contribution in [2.45, 2.75) is 18.8 Å². The minimum atomic E-state index is 0.732. The summed E-state index contributed by atoms with van der Waals surface area (Å²) in [5.74, 6) is 0.732.